The summed E-state index contributed by atoms with van der Waals surface area (Å²) in [6, 6.07) is 2.80. The smallest absolute Gasteiger partial charge is 0.266 e. The number of thioether (sulfide) groups is 1. The molecule has 0 saturated carbocycles. The van der Waals surface area contributed by atoms with Gasteiger partial charge >= 0.3 is 0 Å². The monoisotopic (exact) mass is 340 g/mol. The van der Waals surface area contributed by atoms with E-state index >= 15 is 0 Å². The lowest BCUT2D eigenvalue weighted by atomic mass is 10.1. The number of carbonyl (C=O) groups is 2. The lowest BCUT2D eigenvalue weighted by molar-refractivity contribution is -0.310. The van der Waals surface area contributed by atoms with Crippen LogP contribution in [0.1, 0.15) is 31.1 Å². The van der Waals surface area contributed by atoms with E-state index in [2.05, 4.69) is 0 Å². The molecule has 1 atom stereocenters. The van der Waals surface area contributed by atoms with E-state index in [1.54, 1.807) is 6.08 Å². The molecule has 1 aromatic rings. The van der Waals surface area contributed by atoms with Crippen LogP contribution in [-0.2, 0) is 9.59 Å². The first-order valence-electron chi connectivity index (χ1n) is 6.56. The summed E-state index contributed by atoms with van der Waals surface area (Å²) in [4.78, 5) is 26.3. The molecule has 0 unspecified atom stereocenters. The Balaban J connectivity index is 2.22. The number of carboxylic acids is 1. The molecule has 0 spiro atoms. The molecule has 7 heteroatoms. The lowest BCUT2D eigenvalue weighted by Gasteiger charge is -2.27. The average Bonchev–Trinajstić information content (AvgIpc) is 3.02. The number of aliphatic carboxylic acids is 1. The summed E-state index contributed by atoms with van der Waals surface area (Å²) in [5, 5.41) is 13.2. The van der Waals surface area contributed by atoms with Gasteiger partial charge in [0, 0.05) is 4.88 Å². The molecule has 0 aliphatic carbocycles. The van der Waals surface area contributed by atoms with Crippen LogP contribution in [0.2, 0.25) is 0 Å². The minimum atomic E-state index is -1.25. The maximum absolute atomic E-state index is 12.4. The van der Waals surface area contributed by atoms with Crippen LogP contribution in [0.3, 0.4) is 0 Å². The number of unbranched alkanes of at least 4 members (excludes halogenated alkanes) is 1. The second-order valence-electron chi connectivity index (χ2n) is 4.54. The van der Waals surface area contributed by atoms with Gasteiger partial charge in [0.25, 0.3) is 5.91 Å². The van der Waals surface area contributed by atoms with Crippen molar-refractivity contribution in [2.24, 2.45) is 0 Å². The van der Waals surface area contributed by atoms with Crippen molar-refractivity contribution in [3.05, 3.63) is 27.3 Å². The van der Waals surface area contributed by atoms with Crippen LogP contribution in [0.25, 0.3) is 6.08 Å². The second kappa shape index (κ2) is 7.20. The van der Waals surface area contributed by atoms with Crippen LogP contribution in [0.5, 0.6) is 0 Å². The third-order valence-electron chi connectivity index (χ3n) is 3.05. The van der Waals surface area contributed by atoms with Crippen LogP contribution in [0.15, 0.2) is 22.4 Å². The summed E-state index contributed by atoms with van der Waals surface area (Å²) in [7, 11) is 0. The second-order valence-corrected chi connectivity index (χ2v) is 7.20. The number of thiocarbonyl (C=S) groups is 1. The topological polar surface area (TPSA) is 60.4 Å². The van der Waals surface area contributed by atoms with E-state index in [1.807, 2.05) is 24.4 Å². The molecular weight excluding hydrogens is 326 g/mol. The quantitative estimate of drug-likeness (QED) is 0.587. The fraction of sp³-hybridized carbons (Fsp3) is 0.357. The fourth-order valence-electron chi connectivity index (χ4n) is 2.00. The van der Waals surface area contributed by atoms with E-state index in [1.165, 1.54) is 16.2 Å². The maximum atomic E-state index is 12.4. The summed E-state index contributed by atoms with van der Waals surface area (Å²) >= 11 is 7.83. The molecule has 1 amide bonds. The lowest BCUT2D eigenvalue weighted by Crippen LogP contribution is -2.49. The highest BCUT2D eigenvalue weighted by atomic mass is 32.2. The highest BCUT2D eigenvalue weighted by Crippen LogP contribution is 2.35. The van der Waals surface area contributed by atoms with Gasteiger partial charge in [0.05, 0.1) is 16.9 Å². The first-order valence-corrected chi connectivity index (χ1v) is 8.66. The third kappa shape index (κ3) is 3.72. The van der Waals surface area contributed by atoms with Gasteiger partial charge in [-0.2, -0.15) is 0 Å². The SMILES string of the molecule is CCCC[C@H](C(=O)[O-])N1C(=O)C(=Cc2cccs2)SC1=S. The van der Waals surface area contributed by atoms with Crippen LogP contribution in [0.4, 0.5) is 0 Å². The van der Waals surface area contributed by atoms with Crippen molar-refractivity contribution in [2.45, 2.75) is 32.2 Å². The predicted octanol–water partition coefficient (Wildman–Crippen LogP) is 2.26. The molecule has 0 radical (unpaired) electrons. The average molecular weight is 340 g/mol. The first-order chi connectivity index (χ1) is 10.0. The van der Waals surface area contributed by atoms with E-state index in [9.17, 15) is 14.7 Å². The van der Waals surface area contributed by atoms with Gasteiger partial charge in [0.1, 0.15) is 4.32 Å². The molecule has 0 bridgehead atoms. The van der Waals surface area contributed by atoms with Crippen LogP contribution in [-0.4, -0.2) is 27.1 Å². The van der Waals surface area contributed by atoms with Crippen LogP contribution >= 0.6 is 35.3 Å². The molecule has 2 rings (SSSR count). The third-order valence-corrected chi connectivity index (χ3v) is 5.20. The Morgan fingerprint density at radius 3 is 2.90 bits per heavy atom. The summed E-state index contributed by atoms with van der Waals surface area (Å²) in [6.45, 7) is 1.97. The summed E-state index contributed by atoms with van der Waals surface area (Å²) in [5.41, 5.74) is 0. The van der Waals surface area contributed by atoms with Crippen LogP contribution in [0, 0.1) is 0 Å². The number of nitrogens with zero attached hydrogens (tertiary/aromatic N) is 1. The molecule has 4 nitrogen and oxygen atoms in total. The summed E-state index contributed by atoms with van der Waals surface area (Å²) < 4.78 is 0.285. The number of rotatable bonds is 6. The van der Waals surface area contributed by atoms with Gasteiger partial charge in [-0.25, -0.2) is 0 Å². The van der Waals surface area contributed by atoms with Crippen LogP contribution < -0.4 is 5.11 Å². The van der Waals surface area contributed by atoms with Crippen molar-refractivity contribution >= 4 is 57.6 Å². The van der Waals surface area contributed by atoms with Crippen molar-refractivity contribution in [1.29, 1.82) is 0 Å². The number of hydrogen-bond donors (Lipinski definition) is 0. The Morgan fingerprint density at radius 1 is 1.57 bits per heavy atom. The Bertz CT molecular complexity index is 580. The van der Waals surface area contributed by atoms with Gasteiger partial charge in [-0.3, -0.25) is 9.69 Å². The Kier molecular flexibility index (Phi) is 5.55. The zero-order valence-corrected chi connectivity index (χ0v) is 13.9. The van der Waals surface area contributed by atoms with E-state index < -0.39 is 12.0 Å². The van der Waals surface area contributed by atoms with E-state index in [0.29, 0.717) is 17.7 Å². The normalized spacial score (nSPS) is 18.5. The largest absolute Gasteiger partial charge is 0.548 e. The molecule has 21 heavy (non-hydrogen) atoms. The molecule has 112 valence electrons. The van der Waals surface area contributed by atoms with Gasteiger partial charge in [-0.1, -0.05) is 49.8 Å². The van der Waals surface area contributed by atoms with Gasteiger partial charge in [-0.15, -0.1) is 11.3 Å². The zero-order valence-electron chi connectivity index (χ0n) is 11.4. The zero-order chi connectivity index (χ0) is 15.4. The number of amides is 1. The van der Waals surface area contributed by atoms with Crippen molar-refractivity contribution in [3.63, 3.8) is 0 Å². The molecule has 1 saturated heterocycles. The Morgan fingerprint density at radius 2 is 2.33 bits per heavy atom. The van der Waals surface area contributed by atoms with E-state index in [-0.39, 0.29) is 10.2 Å². The Hall–Kier alpha value is -1.18. The highest BCUT2D eigenvalue weighted by molar-refractivity contribution is 8.26. The van der Waals surface area contributed by atoms with E-state index in [4.69, 9.17) is 12.2 Å². The van der Waals surface area contributed by atoms with Gasteiger partial charge < -0.3 is 9.90 Å². The number of thiophene rings is 1. The highest BCUT2D eigenvalue weighted by Gasteiger charge is 2.37. The number of hydrogen-bond acceptors (Lipinski definition) is 6. The van der Waals surface area contributed by atoms with Crippen molar-refractivity contribution in [2.75, 3.05) is 0 Å². The number of carboxylic acid groups (broad SMARTS) is 1. The number of carbonyl (C=O) groups excluding carboxylic acids is 2. The molecule has 1 fully saturated rings. The molecule has 0 aromatic carbocycles. The first kappa shape index (κ1) is 16.2. The molecule has 1 aliphatic rings. The van der Waals surface area contributed by atoms with Gasteiger partial charge in [0.2, 0.25) is 0 Å². The van der Waals surface area contributed by atoms with Gasteiger partial charge in [-0.05, 0) is 23.9 Å². The summed E-state index contributed by atoms with van der Waals surface area (Å²) in [6.07, 6.45) is 3.66. The minimum Gasteiger partial charge on any atom is -0.548 e. The fourth-order valence-corrected chi connectivity index (χ4v) is 4.08. The predicted molar refractivity (Wildman–Crippen MR) is 87.7 cm³/mol. The summed E-state index contributed by atoms with van der Waals surface area (Å²) in [5.74, 6) is -1.60. The standard InChI is InChI=1S/C14H15NO3S3/c1-2-3-6-10(13(17)18)15-12(16)11(21-14(15)19)8-9-5-4-7-20-9/h4-5,7-8,10H,2-3,6H2,1H3,(H,17,18)/p-1/t10-/m1/s1. The molecular formula is C14H14NO3S3-. The Labute approximate surface area is 136 Å². The molecule has 0 N–H and O–H groups in total. The van der Waals surface area contributed by atoms with Gasteiger partial charge in [0.15, 0.2) is 0 Å². The molecule has 2 heterocycles. The maximum Gasteiger partial charge on any atom is 0.266 e. The van der Waals surface area contributed by atoms with Crippen molar-refractivity contribution < 1.29 is 14.7 Å². The molecule has 1 aliphatic heterocycles. The van der Waals surface area contributed by atoms with Crippen molar-refractivity contribution in [3.8, 4) is 0 Å². The molecule has 1 aromatic heterocycles. The minimum absolute atomic E-state index is 0.285. The van der Waals surface area contributed by atoms with E-state index in [0.717, 1.165) is 23.1 Å². The van der Waals surface area contributed by atoms with Crippen molar-refractivity contribution in [1.82, 2.24) is 4.90 Å².